The Hall–Kier alpha value is -0.780. The van der Waals surface area contributed by atoms with Crippen LogP contribution in [0.1, 0.15) is 5.56 Å². The Morgan fingerprint density at radius 2 is 2.07 bits per heavy atom. The van der Waals surface area contributed by atoms with E-state index in [9.17, 15) is 8.42 Å². The number of benzene rings is 1. The summed E-state index contributed by atoms with van der Waals surface area (Å²) in [5, 5.41) is 8.17. The Morgan fingerprint density at radius 3 is 2.71 bits per heavy atom. The third kappa shape index (κ3) is 1.84. The molecule has 14 heavy (non-hydrogen) atoms. The van der Waals surface area contributed by atoms with Crippen LogP contribution >= 0.6 is 12.4 Å². The predicted molar refractivity (Wildman–Crippen MR) is 57.3 cm³/mol. The number of nitrogens with one attached hydrogen (secondary N) is 1. The fraction of sp³-hybridized carbons (Fsp3) is 0.250. The Labute approximate surface area is 89.0 Å². The van der Waals surface area contributed by atoms with Crippen molar-refractivity contribution in [3.63, 3.8) is 0 Å². The van der Waals surface area contributed by atoms with E-state index >= 15 is 0 Å². The van der Waals surface area contributed by atoms with Gasteiger partial charge in [-0.25, -0.2) is 13.6 Å². The molecule has 1 aromatic carbocycles. The third-order valence-electron chi connectivity index (χ3n) is 2.13. The van der Waals surface area contributed by atoms with Crippen molar-refractivity contribution < 1.29 is 8.42 Å². The summed E-state index contributed by atoms with van der Waals surface area (Å²) in [5.74, 6) is 0. The normalized spacial score (nSPS) is 14.1. The minimum absolute atomic E-state index is 0. The van der Waals surface area contributed by atoms with Gasteiger partial charge in [0.2, 0.25) is 10.0 Å². The van der Waals surface area contributed by atoms with Crippen molar-refractivity contribution in [2.75, 3.05) is 11.9 Å². The lowest BCUT2D eigenvalue weighted by molar-refractivity contribution is 0.597. The second-order valence-electron chi connectivity index (χ2n) is 3.00. The molecule has 0 aromatic heterocycles. The molecule has 0 radical (unpaired) electrons. The fourth-order valence-electron chi connectivity index (χ4n) is 1.58. The van der Waals surface area contributed by atoms with Gasteiger partial charge in [-0.2, -0.15) is 0 Å². The summed E-state index contributed by atoms with van der Waals surface area (Å²) < 4.78 is 22.3. The summed E-state index contributed by atoms with van der Waals surface area (Å²) in [6.07, 6.45) is 0.724. The number of primary sulfonamides is 1. The molecule has 1 aliphatic rings. The van der Waals surface area contributed by atoms with Gasteiger partial charge in [-0.1, -0.05) is 6.07 Å². The van der Waals surface area contributed by atoms with E-state index < -0.39 is 10.0 Å². The second kappa shape index (κ2) is 3.76. The van der Waals surface area contributed by atoms with Gasteiger partial charge in [0.1, 0.15) is 0 Å². The standard InChI is InChI=1S/C8H10N2O2S.ClH/c9-13(11,12)8-3-1-2-7-6(8)4-5-10-7;/h1-3,10H,4-5H2,(H2,9,11,12);1H. The van der Waals surface area contributed by atoms with Crippen molar-refractivity contribution in [1.82, 2.24) is 0 Å². The van der Waals surface area contributed by atoms with Crippen LogP contribution in [-0.2, 0) is 16.4 Å². The van der Waals surface area contributed by atoms with Gasteiger partial charge in [-0.15, -0.1) is 12.4 Å². The summed E-state index contributed by atoms with van der Waals surface area (Å²) in [4.78, 5) is 0.245. The lowest BCUT2D eigenvalue weighted by Gasteiger charge is -2.04. The zero-order valence-corrected chi connectivity index (χ0v) is 8.99. The number of rotatable bonds is 1. The fourth-order valence-corrected chi connectivity index (χ4v) is 2.40. The molecule has 0 saturated carbocycles. The van der Waals surface area contributed by atoms with Crippen LogP contribution in [0, 0.1) is 0 Å². The number of halogens is 1. The number of anilines is 1. The maximum atomic E-state index is 11.1. The lowest BCUT2D eigenvalue weighted by atomic mass is 10.2. The number of sulfonamides is 1. The van der Waals surface area contributed by atoms with Gasteiger partial charge >= 0.3 is 0 Å². The van der Waals surface area contributed by atoms with Crippen LogP contribution in [0.4, 0.5) is 5.69 Å². The second-order valence-corrected chi connectivity index (χ2v) is 4.53. The number of hydrogen-bond acceptors (Lipinski definition) is 3. The number of hydrogen-bond donors (Lipinski definition) is 2. The molecule has 0 saturated heterocycles. The molecule has 0 fully saturated rings. The molecule has 1 heterocycles. The van der Waals surface area contributed by atoms with Gasteiger partial charge in [-0.3, -0.25) is 0 Å². The Bertz CT molecular complexity index is 445. The molecule has 6 heteroatoms. The average Bonchev–Trinajstić information content (AvgIpc) is 2.48. The van der Waals surface area contributed by atoms with Crippen LogP contribution in [-0.4, -0.2) is 15.0 Å². The molecule has 2 rings (SSSR count). The number of nitrogens with two attached hydrogens (primary N) is 1. The molecule has 0 bridgehead atoms. The zero-order chi connectivity index (χ0) is 9.47. The monoisotopic (exact) mass is 234 g/mol. The molecular weight excluding hydrogens is 224 g/mol. The van der Waals surface area contributed by atoms with Crippen molar-refractivity contribution >= 4 is 28.1 Å². The molecule has 0 amide bonds. The van der Waals surface area contributed by atoms with Crippen LogP contribution < -0.4 is 10.5 Å². The summed E-state index contributed by atoms with van der Waals surface area (Å²) in [5.41, 5.74) is 1.69. The molecular formula is C8H11ClN2O2S. The minimum Gasteiger partial charge on any atom is -0.384 e. The van der Waals surface area contributed by atoms with Gasteiger partial charge in [0.25, 0.3) is 0 Å². The smallest absolute Gasteiger partial charge is 0.238 e. The highest BCUT2D eigenvalue weighted by molar-refractivity contribution is 7.89. The molecule has 1 aliphatic heterocycles. The van der Waals surface area contributed by atoms with E-state index in [0.717, 1.165) is 24.2 Å². The van der Waals surface area contributed by atoms with Gasteiger partial charge in [0.15, 0.2) is 0 Å². The SMILES string of the molecule is Cl.NS(=O)(=O)c1cccc2c1CCN2. The average molecular weight is 235 g/mol. The first kappa shape index (κ1) is 11.3. The predicted octanol–water partition coefficient (Wildman–Crippen LogP) is 0.724. The third-order valence-corrected chi connectivity index (χ3v) is 3.13. The van der Waals surface area contributed by atoms with Crippen molar-refractivity contribution in [3.05, 3.63) is 23.8 Å². The minimum atomic E-state index is -3.57. The first-order valence-corrected chi connectivity index (χ1v) is 5.52. The quantitative estimate of drug-likeness (QED) is 0.752. The van der Waals surface area contributed by atoms with Crippen LogP contribution in [0.5, 0.6) is 0 Å². The molecule has 0 atom stereocenters. The maximum Gasteiger partial charge on any atom is 0.238 e. The van der Waals surface area contributed by atoms with E-state index in [0.29, 0.717) is 0 Å². The van der Waals surface area contributed by atoms with Crippen LogP contribution in [0.25, 0.3) is 0 Å². The van der Waals surface area contributed by atoms with Gasteiger partial charge < -0.3 is 5.32 Å². The van der Waals surface area contributed by atoms with E-state index in [1.54, 1.807) is 12.1 Å². The highest BCUT2D eigenvalue weighted by Crippen LogP contribution is 2.27. The molecule has 0 unspecified atom stereocenters. The molecule has 4 nitrogen and oxygen atoms in total. The van der Waals surface area contributed by atoms with Crippen molar-refractivity contribution in [2.45, 2.75) is 11.3 Å². The van der Waals surface area contributed by atoms with Gasteiger partial charge in [0.05, 0.1) is 4.90 Å². The first-order chi connectivity index (χ1) is 6.09. The summed E-state index contributed by atoms with van der Waals surface area (Å²) in [7, 11) is -3.57. The topological polar surface area (TPSA) is 72.2 Å². The van der Waals surface area contributed by atoms with Crippen molar-refractivity contribution in [1.29, 1.82) is 0 Å². The number of fused-ring (bicyclic) bond motifs is 1. The van der Waals surface area contributed by atoms with E-state index in [1.165, 1.54) is 0 Å². The molecule has 0 aliphatic carbocycles. The van der Waals surface area contributed by atoms with Gasteiger partial charge in [0, 0.05) is 12.2 Å². The maximum absolute atomic E-state index is 11.1. The Kier molecular flexibility index (Phi) is 3.04. The summed E-state index contributed by atoms with van der Waals surface area (Å²) in [6.45, 7) is 0.780. The van der Waals surface area contributed by atoms with Crippen LogP contribution in [0.2, 0.25) is 0 Å². The highest BCUT2D eigenvalue weighted by atomic mass is 35.5. The molecule has 0 spiro atoms. The molecule has 78 valence electrons. The van der Waals surface area contributed by atoms with E-state index in [1.807, 2.05) is 6.07 Å². The zero-order valence-electron chi connectivity index (χ0n) is 7.36. The Morgan fingerprint density at radius 1 is 1.36 bits per heavy atom. The summed E-state index contributed by atoms with van der Waals surface area (Å²) in [6, 6.07) is 5.09. The van der Waals surface area contributed by atoms with E-state index in [4.69, 9.17) is 5.14 Å². The Balaban J connectivity index is 0.000000980. The van der Waals surface area contributed by atoms with Crippen LogP contribution in [0.15, 0.2) is 23.1 Å². The lowest BCUT2D eigenvalue weighted by Crippen LogP contribution is -2.13. The van der Waals surface area contributed by atoms with Crippen molar-refractivity contribution in [2.24, 2.45) is 5.14 Å². The van der Waals surface area contributed by atoms with Gasteiger partial charge in [-0.05, 0) is 24.1 Å². The van der Waals surface area contributed by atoms with E-state index in [2.05, 4.69) is 5.32 Å². The van der Waals surface area contributed by atoms with Crippen molar-refractivity contribution in [3.8, 4) is 0 Å². The van der Waals surface area contributed by atoms with E-state index in [-0.39, 0.29) is 17.3 Å². The first-order valence-electron chi connectivity index (χ1n) is 3.97. The highest BCUT2D eigenvalue weighted by Gasteiger charge is 2.19. The largest absolute Gasteiger partial charge is 0.384 e. The van der Waals surface area contributed by atoms with Crippen LogP contribution in [0.3, 0.4) is 0 Å². The summed E-state index contributed by atoms with van der Waals surface area (Å²) >= 11 is 0. The molecule has 1 aromatic rings. The molecule has 3 N–H and O–H groups in total.